The maximum Gasteiger partial charge on any atom is 0.418 e. The summed E-state index contributed by atoms with van der Waals surface area (Å²) in [7, 11) is -1.81. The summed E-state index contributed by atoms with van der Waals surface area (Å²) < 4.78 is 68.3. The molecule has 1 fully saturated rings. The van der Waals surface area contributed by atoms with Gasteiger partial charge in [-0.15, -0.1) is 0 Å². The molecule has 3 rings (SSSR count). The van der Waals surface area contributed by atoms with E-state index in [0.717, 1.165) is 31.7 Å². The Labute approximate surface area is 239 Å². The van der Waals surface area contributed by atoms with E-state index in [0.29, 0.717) is 16.9 Å². The fourth-order valence-electron chi connectivity index (χ4n) is 5.56. The maximum atomic E-state index is 14.1. The SMILES string of the molecule is CC(=O)Nc1ccc(Nc2nc(CC(C)C(C)C3CCCCC3N(C)S(C)(=O)=O)c(C(F)(F)F)cc2C)cc1Cl. The van der Waals surface area contributed by atoms with Crippen molar-refractivity contribution in [1.82, 2.24) is 9.29 Å². The number of carbonyl (C=O) groups is 1. The van der Waals surface area contributed by atoms with Gasteiger partial charge in [0.25, 0.3) is 0 Å². The van der Waals surface area contributed by atoms with Crippen LogP contribution in [-0.2, 0) is 27.4 Å². The van der Waals surface area contributed by atoms with Crippen LogP contribution in [0.15, 0.2) is 24.3 Å². The lowest BCUT2D eigenvalue weighted by Crippen LogP contribution is -2.46. The van der Waals surface area contributed by atoms with Gasteiger partial charge in [-0.2, -0.15) is 13.2 Å². The zero-order valence-electron chi connectivity index (χ0n) is 23.7. The molecule has 1 aliphatic carbocycles. The molecule has 40 heavy (non-hydrogen) atoms. The number of anilines is 3. The van der Waals surface area contributed by atoms with Crippen LogP contribution in [-0.4, -0.2) is 43.0 Å². The van der Waals surface area contributed by atoms with Crippen molar-refractivity contribution in [3.05, 3.63) is 46.1 Å². The Kier molecular flexibility index (Phi) is 10.2. The smallest absolute Gasteiger partial charge is 0.340 e. The minimum atomic E-state index is -4.58. The molecule has 222 valence electrons. The molecule has 7 nitrogen and oxygen atoms in total. The molecule has 0 saturated heterocycles. The molecule has 0 aliphatic heterocycles. The number of aryl methyl sites for hydroxylation is 1. The van der Waals surface area contributed by atoms with E-state index in [1.165, 1.54) is 17.5 Å². The highest BCUT2D eigenvalue weighted by atomic mass is 35.5. The first kappa shape index (κ1) is 32.1. The quantitative estimate of drug-likeness (QED) is 0.322. The van der Waals surface area contributed by atoms with Crippen LogP contribution < -0.4 is 10.6 Å². The van der Waals surface area contributed by atoms with Crippen molar-refractivity contribution in [2.45, 2.75) is 72.0 Å². The number of hydrogen-bond acceptors (Lipinski definition) is 5. The van der Waals surface area contributed by atoms with Gasteiger partial charge in [0.1, 0.15) is 5.82 Å². The number of aromatic nitrogens is 1. The Morgan fingerprint density at radius 3 is 2.42 bits per heavy atom. The van der Waals surface area contributed by atoms with Crippen LogP contribution in [0.5, 0.6) is 0 Å². The Balaban J connectivity index is 1.90. The summed E-state index contributed by atoms with van der Waals surface area (Å²) >= 11 is 6.27. The molecule has 0 radical (unpaired) electrons. The van der Waals surface area contributed by atoms with Crippen LogP contribution >= 0.6 is 11.6 Å². The first-order valence-electron chi connectivity index (χ1n) is 13.3. The van der Waals surface area contributed by atoms with E-state index in [2.05, 4.69) is 15.6 Å². The molecule has 1 aromatic carbocycles. The molecular formula is C28H38ClF3N4O3S. The second kappa shape index (κ2) is 12.7. The number of pyridine rings is 1. The van der Waals surface area contributed by atoms with Gasteiger partial charge in [-0.05, 0) is 73.8 Å². The molecule has 0 spiro atoms. The third kappa shape index (κ3) is 7.88. The Morgan fingerprint density at radius 1 is 1.20 bits per heavy atom. The van der Waals surface area contributed by atoms with Gasteiger partial charge in [0.2, 0.25) is 15.9 Å². The fourth-order valence-corrected chi connectivity index (χ4v) is 6.54. The lowest BCUT2D eigenvalue weighted by Gasteiger charge is -2.41. The predicted molar refractivity (Wildman–Crippen MR) is 153 cm³/mol. The third-order valence-electron chi connectivity index (χ3n) is 8.00. The van der Waals surface area contributed by atoms with Gasteiger partial charge in [-0.3, -0.25) is 4.79 Å². The van der Waals surface area contributed by atoms with Crippen molar-refractivity contribution in [3.8, 4) is 0 Å². The van der Waals surface area contributed by atoms with Crippen LogP contribution in [0.2, 0.25) is 5.02 Å². The van der Waals surface area contributed by atoms with Gasteiger partial charge in [0, 0.05) is 25.7 Å². The number of sulfonamides is 1. The second-order valence-electron chi connectivity index (χ2n) is 11.0. The highest BCUT2D eigenvalue weighted by Crippen LogP contribution is 2.40. The number of hydrogen-bond donors (Lipinski definition) is 2. The largest absolute Gasteiger partial charge is 0.418 e. The van der Waals surface area contributed by atoms with Crippen molar-refractivity contribution in [3.63, 3.8) is 0 Å². The topological polar surface area (TPSA) is 91.4 Å². The Bertz CT molecular complexity index is 1340. The predicted octanol–water partition coefficient (Wildman–Crippen LogP) is 7.03. The number of alkyl halides is 3. The van der Waals surface area contributed by atoms with E-state index < -0.39 is 21.8 Å². The van der Waals surface area contributed by atoms with Crippen LogP contribution in [0.3, 0.4) is 0 Å². The van der Waals surface area contributed by atoms with Crippen LogP contribution in [0.4, 0.5) is 30.4 Å². The lowest BCUT2D eigenvalue weighted by atomic mass is 9.71. The molecule has 1 aliphatic rings. The third-order valence-corrected chi connectivity index (χ3v) is 9.63. The van der Waals surface area contributed by atoms with Gasteiger partial charge in [-0.1, -0.05) is 38.3 Å². The summed E-state index contributed by atoms with van der Waals surface area (Å²) in [6, 6.07) is 5.75. The molecule has 1 amide bonds. The molecule has 12 heteroatoms. The fraction of sp³-hybridized carbons (Fsp3) is 0.571. The first-order chi connectivity index (χ1) is 18.5. The van der Waals surface area contributed by atoms with Gasteiger partial charge in [0.05, 0.1) is 28.2 Å². The number of nitrogens with zero attached hydrogens (tertiary/aromatic N) is 2. The number of benzene rings is 1. The van der Waals surface area contributed by atoms with Crippen LogP contribution in [0.25, 0.3) is 0 Å². The van der Waals surface area contributed by atoms with E-state index in [1.807, 2.05) is 13.8 Å². The monoisotopic (exact) mass is 602 g/mol. The summed E-state index contributed by atoms with van der Waals surface area (Å²) in [5.74, 6) is -0.189. The summed E-state index contributed by atoms with van der Waals surface area (Å²) in [4.78, 5) is 15.8. The van der Waals surface area contributed by atoms with E-state index in [4.69, 9.17) is 11.6 Å². The van der Waals surface area contributed by atoms with Crippen molar-refractivity contribution >= 4 is 44.7 Å². The highest BCUT2D eigenvalue weighted by molar-refractivity contribution is 7.88. The summed E-state index contributed by atoms with van der Waals surface area (Å²) in [5, 5.41) is 5.95. The molecule has 2 N–H and O–H groups in total. The highest BCUT2D eigenvalue weighted by Gasteiger charge is 2.39. The maximum absolute atomic E-state index is 14.1. The number of rotatable bonds is 9. The van der Waals surface area contributed by atoms with Crippen molar-refractivity contribution in [2.75, 3.05) is 23.9 Å². The summed E-state index contributed by atoms with van der Waals surface area (Å²) in [6.45, 7) is 6.83. The zero-order chi connectivity index (χ0) is 30.0. The van der Waals surface area contributed by atoms with Gasteiger partial charge < -0.3 is 10.6 Å². The second-order valence-corrected chi connectivity index (χ2v) is 13.4. The molecule has 1 heterocycles. The number of carbonyl (C=O) groups excluding carboxylic acids is 1. The standard InChI is InChI=1S/C28H38ClF3N4O3S/c1-16(18(3)21-9-7-8-10-26(21)36(5)40(6,38)39)14-25-22(28(30,31)32)13-17(2)27(35-25)34-20-11-12-24(23(29)15-20)33-19(4)37/h11-13,15-16,18,21,26H,7-10,14H2,1-6H3,(H,33,37)(H,34,35). The Hall–Kier alpha value is -2.37. The zero-order valence-corrected chi connectivity index (χ0v) is 25.3. The lowest BCUT2D eigenvalue weighted by molar-refractivity contribution is -0.138. The number of amides is 1. The number of halogens is 4. The van der Waals surface area contributed by atoms with Gasteiger partial charge >= 0.3 is 6.18 Å². The average Bonchev–Trinajstić information content (AvgIpc) is 2.85. The van der Waals surface area contributed by atoms with E-state index in [1.54, 1.807) is 32.2 Å². The van der Waals surface area contributed by atoms with Crippen LogP contribution in [0, 0.1) is 24.7 Å². The van der Waals surface area contributed by atoms with E-state index in [9.17, 15) is 26.4 Å². The molecule has 4 atom stereocenters. The molecule has 1 aromatic heterocycles. The minimum Gasteiger partial charge on any atom is -0.340 e. The normalized spacial score (nSPS) is 19.8. The molecular weight excluding hydrogens is 565 g/mol. The molecule has 0 bridgehead atoms. The van der Waals surface area contributed by atoms with Crippen molar-refractivity contribution in [1.29, 1.82) is 0 Å². The first-order valence-corrected chi connectivity index (χ1v) is 15.6. The van der Waals surface area contributed by atoms with Gasteiger partial charge in [0.15, 0.2) is 0 Å². The molecule has 2 aromatic rings. The Morgan fingerprint density at radius 2 is 1.85 bits per heavy atom. The molecule has 4 unspecified atom stereocenters. The van der Waals surface area contributed by atoms with Crippen molar-refractivity contribution < 1.29 is 26.4 Å². The minimum absolute atomic E-state index is 0.0322. The summed E-state index contributed by atoms with van der Waals surface area (Å²) in [6.07, 6.45) is 0.133. The van der Waals surface area contributed by atoms with E-state index in [-0.39, 0.29) is 52.7 Å². The van der Waals surface area contributed by atoms with Crippen LogP contribution in [0.1, 0.15) is 63.3 Å². The molecule has 1 saturated carbocycles. The van der Waals surface area contributed by atoms with Gasteiger partial charge in [-0.25, -0.2) is 17.7 Å². The number of nitrogens with one attached hydrogen (secondary N) is 2. The van der Waals surface area contributed by atoms with Crippen molar-refractivity contribution in [2.24, 2.45) is 17.8 Å². The van der Waals surface area contributed by atoms with E-state index >= 15 is 0 Å². The summed E-state index contributed by atoms with van der Waals surface area (Å²) in [5.41, 5.74) is 0.409. The average molecular weight is 603 g/mol.